The molecule has 1 atom stereocenters. The highest BCUT2D eigenvalue weighted by molar-refractivity contribution is 7.89. The molecular weight excluding hydrogens is 286 g/mol. The highest BCUT2D eigenvalue weighted by atomic mass is 32.2. The SMILES string of the molecule is CCCn1cc(S(=O)(=O)N(C)CC(C)CC)cc1CNC. The lowest BCUT2D eigenvalue weighted by molar-refractivity contribution is 0.393. The highest BCUT2D eigenvalue weighted by Crippen LogP contribution is 2.20. The standard InChI is InChI=1S/C15H29N3O2S/c1-6-8-18-12-15(9-14(18)10-16-4)21(19,20)17(5)11-13(3)7-2/h9,12-13,16H,6-8,10-11H2,1-5H3. The van der Waals surface area contributed by atoms with E-state index in [4.69, 9.17) is 0 Å². The molecule has 0 bridgehead atoms. The molecule has 21 heavy (non-hydrogen) atoms. The summed E-state index contributed by atoms with van der Waals surface area (Å²) in [5.74, 6) is 0.360. The summed E-state index contributed by atoms with van der Waals surface area (Å²) < 4.78 is 28.8. The van der Waals surface area contributed by atoms with Crippen molar-refractivity contribution in [3.05, 3.63) is 18.0 Å². The van der Waals surface area contributed by atoms with Crippen molar-refractivity contribution in [1.29, 1.82) is 0 Å². The van der Waals surface area contributed by atoms with E-state index in [1.807, 2.05) is 11.6 Å². The van der Waals surface area contributed by atoms with E-state index in [0.29, 0.717) is 23.9 Å². The Labute approximate surface area is 129 Å². The van der Waals surface area contributed by atoms with Crippen LogP contribution in [0.15, 0.2) is 17.2 Å². The second-order valence-electron chi connectivity index (χ2n) is 5.69. The van der Waals surface area contributed by atoms with Crippen LogP contribution in [0.5, 0.6) is 0 Å². The van der Waals surface area contributed by atoms with Crippen LogP contribution in [0, 0.1) is 5.92 Å². The van der Waals surface area contributed by atoms with Crippen molar-refractivity contribution >= 4 is 10.0 Å². The van der Waals surface area contributed by atoms with Crippen LogP contribution in [-0.4, -0.2) is 37.9 Å². The second kappa shape index (κ2) is 7.96. The van der Waals surface area contributed by atoms with Gasteiger partial charge in [-0.05, 0) is 25.5 Å². The summed E-state index contributed by atoms with van der Waals surface area (Å²) >= 11 is 0. The molecule has 0 saturated heterocycles. The number of nitrogens with zero attached hydrogens (tertiary/aromatic N) is 2. The number of rotatable bonds is 9. The van der Waals surface area contributed by atoms with Gasteiger partial charge in [-0.25, -0.2) is 12.7 Å². The fourth-order valence-electron chi connectivity index (χ4n) is 2.29. The lowest BCUT2D eigenvalue weighted by Gasteiger charge is -2.19. The Morgan fingerprint density at radius 2 is 2.05 bits per heavy atom. The number of aromatic nitrogens is 1. The number of sulfonamides is 1. The van der Waals surface area contributed by atoms with E-state index < -0.39 is 10.0 Å². The Hall–Kier alpha value is -0.850. The Kier molecular flexibility index (Phi) is 6.90. The summed E-state index contributed by atoms with van der Waals surface area (Å²) in [4.78, 5) is 0.395. The molecule has 0 amide bonds. The minimum absolute atomic E-state index is 0.360. The third kappa shape index (κ3) is 4.56. The Morgan fingerprint density at radius 3 is 2.57 bits per heavy atom. The van der Waals surface area contributed by atoms with E-state index >= 15 is 0 Å². The van der Waals surface area contributed by atoms with E-state index in [9.17, 15) is 8.42 Å². The molecular formula is C15H29N3O2S. The van der Waals surface area contributed by atoms with Crippen LogP contribution in [0.3, 0.4) is 0 Å². The van der Waals surface area contributed by atoms with Gasteiger partial charge in [-0.2, -0.15) is 0 Å². The maximum Gasteiger partial charge on any atom is 0.244 e. The smallest absolute Gasteiger partial charge is 0.244 e. The van der Waals surface area contributed by atoms with Crippen molar-refractivity contribution in [2.75, 3.05) is 20.6 Å². The Bertz CT molecular complexity index is 514. The largest absolute Gasteiger partial charge is 0.349 e. The summed E-state index contributed by atoms with van der Waals surface area (Å²) in [5, 5.41) is 3.09. The molecule has 1 rings (SSSR count). The molecule has 0 aliphatic rings. The summed E-state index contributed by atoms with van der Waals surface area (Å²) in [7, 11) is 0.133. The highest BCUT2D eigenvalue weighted by Gasteiger charge is 2.24. The number of aryl methyl sites for hydroxylation is 1. The fraction of sp³-hybridized carbons (Fsp3) is 0.733. The zero-order valence-corrected chi connectivity index (χ0v) is 14.7. The second-order valence-corrected chi connectivity index (χ2v) is 7.73. The van der Waals surface area contributed by atoms with Crippen LogP contribution in [0.4, 0.5) is 0 Å². The molecule has 1 heterocycles. The van der Waals surface area contributed by atoms with E-state index in [1.54, 1.807) is 19.3 Å². The van der Waals surface area contributed by atoms with Crippen LogP contribution in [0.25, 0.3) is 0 Å². The number of hydrogen-bond acceptors (Lipinski definition) is 3. The van der Waals surface area contributed by atoms with Gasteiger partial charge in [0.15, 0.2) is 0 Å². The first-order valence-electron chi connectivity index (χ1n) is 7.66. The van der Waals surface area contributed by atoms with E-state index in [-0.39, 0.29) is 0 Å². The van der Waals surface area contributed by atoms with Gasteiger partial charge in [0.25, 0.3) is 0 Å². The first kappa shape index (κ1) is 18.2. The minimum Gasteiger partial charge on any atom is -0.349 e. The molecule has 1 aromatic rings. The molecule has 1 unspecified atom stereocenters. The molecule has 0 fully saturated rings. The minimum atomic E-state index is -3.40. The molecule has 5 nitrogen and oxygen atoms in total. The molecule has 1 aromatic heterocycles. The average molecular weight is 315 g/mol. The van der Waals surface area contributed by atoms with Crippen molar-refractivity contribution in [2.24, 2.45) is 5.92 Å². The van der Waals surface area contributed by atoms with Gasteiger partial charge in [-0.3, -0.25) is 0 Å². The summed E-state index contributed by atoms with van der Waals surface area (Å²) in [6.07, 6.45) is 3.72. The molecule has 122 valence electrons. The molecule has 1 N–H and O–H groups in total. The summed E-state index contributed by atoms with van der Waals surface area (Å²) in [5.41, 5.74) is 1.01. The first-order chi connectivity index (χ1) is 9.86. The zero-order valence-electron chi connectivity index (χ0n) is 13.9. The van der Waals surface area contributed by atoms with Gasteiger partial charge in [-0.15, -0.1) is 0 Å². The predicted octanol–water partition coefficient (Wildman–Crippen LogP) is 2.28. The maximum absolute atomic E-state index is 12.6. The van der Waals surface area contributed by atoms with Crippen LogP contribution in [0.2, 0.25) is 0 Å². The zero-order chi connectivity index (χ0) is 16.0. The van der Waals surface area contributed by atoms with Gasteiger partial charge in [0.2, 0.25) is 10.0 Å². The Balaban J connectivity index is 3.04. The van der Waals surface area contributed by atoms with E-state index in [1.165, 1.54) is 4.31 Å². The summed E-state index contributed by atoms with van der Waals surface area (Å²) in [6.45, 7) is 8.30. The topological polar surface area (TPSA) is 54.3 Å². The van der Waals surface area contributed by atoms with Gasteiger partial charge in [0, 0.05) is 38.6 Å². The molecule has 0 spiro atoms. The molecule has 0 aliphatic heterocycles. The molecule has 6 heteroatoms. The predicted molar refractivity (Wildman–Crippen MR) is 86.8 cm³/mol. The molecule has 0 aromatic carbocycles. The lowest BCUT2D eigenvalue weighted by Crippen LogP contribution is -2.30. The van der Waals surface area contributed by atoms with E-state index in [2.05, 4.69) is 26.1 Å². The quantitative estimate of drug-likeness (QED) is 0.760. The van der Waals surface area contributed by atoms with Crippen molar-refractivity contribution < 1.29 is 8.42 Å². The molecule has 0 radical (unpaired) electrons. The molecule has 0 aliphatic carbocycles. The van der Waals surface area contributed by atoms with E-state index in [0.717, 1.165) is 25.1 Å². The maximum atomic E-state index is 12.6. The van der Waals surface area contributed by atoms with Crippen molar-refractivity contribution in [1.82, 2.24) is 14.2 Å². The van der Waals surface area contributed by atoms with Gasteiger partial charge in [0.05, 0.1) is 0 Å². The number of hydrogen-bond donors (Lipinski definition) is 1. The van der Waals surface area contributed by atoms with Gasteiger partial charge >= 0.3 is 0 Å². The van der Waals surface area contributed by atoms with Crippen LogP contribution in [-0.2, 0) is 23.1 Å². The van der Waals surface area contributed by atoms with Crippen LogP contribution >= 0.6 is 0 Å². The monoisotopic (exact) mass is 315 g/mol. The van der Waals surface area contributed by atoms with Gasteiger partial charge in [0.1, 0.15) is 4.90 Å². The normalized spacial score (nSPS) is 13.8. The molecule has 0 saturated carbocycles. The van der Waals surface area contributed by atoms with Crippen LogP contribution in [0.1, 0.15) is 39.3 Å². The Morgan fingerprint density at radius 1 is 1.38 bits per heavy atom. The first-order valence-corrected chi connectivity index (χ1v) is 9.10. The van der Waals surface area contributed by atoms with Gasteiger partial charge < -0.3 is 9.88 Å². The summed E-state index contributed by atoms with van der Waals surface area (Å²) in [6, 6.07) is 1.79. The van der Waals surface area contributed by atoms with Crippen molar-refractivity contribution in [2.45, 2.75) is 51.6 Å². The van der Waals surface area contributed by atoms with Crippen molar-refractivity contribution in [3.8, 4) is 0 Å². The van der Waals surface area contributed by atoms with Gasteiger partial charge in [-0.1, -0.05) is 27.2 Å². The fourth-order valence-corrected chi connectivity index (χ4v) is 3.65. The van der Waals surface area contributed by atoms with Crippen molar-refractivity contribution in [3.63, 3.8) is 0 Å². The lowest BCUT2D eigenvalue weighted by atomic mass is 10.1. The third-order valence-corrected chi connectivity index (χ3v) is 5.55. The average Bonchev–Trinajstić information content (AvgIpc) is 2.83. The number of nitrogens with one attached hydrogen (secondary N) is 1. The third-order valence-electron chi connectivity index (χ3n) is 3.76. The van der Waals surface area contributed by atoms with Crippen LogP contribution < -0.4 is 5.32 Å².